The minimum absolute atomic E-state index is 0.671. The number of benzene rings is 1. The van der Waals surface area contributed by atoms with Crippen molar-refractivity contribution in [1.82, 2.24) is 10.2 Å². The number of hydrogen-bond acceptors (Lipinski definition) is 3. The van der Waals surface area contributed by atoms with Crippen molar-refractivity contribution >= 4 is 0 Å². The fourth-order valence-corrected chi connectivity index (χ4v) is 2.61. The first-order valence-electron chi connectivity index (χ1n) is 8.25. The minimum atomic E-state index is 0.671. The van der Waals surface area contributed by atoms with E-state index in [4.69, 9.17) is 4.74 Å². The van der Waals surface area contributed by atoms with Crippen molar-refractivity contribution in [2.75, 3.05) is 27.2 Å². The maximum Gasteiger partial charge on any atom is 0.123 e. The van der Waals surface area contributed by atoms with Crippen molar-refractivity contribution in [3.8, 4) is 5.75 Å². The molecular formula is C18H32N2O. The van der Waals surface area contributed by atoms with Crippen LogP contribution in [0, 0.1) is 0 Å². The lowest BCUT2D eigenvalue weighted by Crippen LogP contribution is -2.30. The zero-order valence-corrected chi connectivity index (χ0v) is 14.2. The Kier molecular flexibility index (Phi) is 9.11. The highest BCUT2D eigenvalue weighted by atomic mass is 16.5. The number of rotatable bonds is 11. The van der Waals surface area contributed by atoms with E-state index in [0.717, 1.165) is 25.4 Å². The van der Waals surface area contributed by atoms with E-state index in [1.807, 2.05) is 12.1 Å². The fraction of sp³-hybridized carbons (Fsp3) is 0.667. The average Bonchev–Trinajstić information content (AvgIpc) is 2.51. The molecule has 0 aliphatic heterocycles. The molecule has 1 N–H and O–H groups in total. The smallest absolute Gasteiger partial charge is 0.123 e. The zero-order chi connectivity index (χ0) is 15.5. The van der Waals surface area contributed by atoms with E-state index in [1.54, 1.807) is 7.11 Å². The summed E-state index contributed by atoms with van der Waals surface area (Å²) in [6, 6.07) is 8.95. The summed E-state index contributed by atoms with van der Waals surface area (Å²) in [6.45, 7) is 7.70. The zero-order valence-electron chi connectivity index (χ0n) is 14.2. The van der Waals surface area contributed by atoms with Crippen LogP contribution in [-0.2, 0) is 6.54 Å². The van der Waals surface area contributed by atoms with Gasteiger partial charge in [0.1, 0.15) is 5.75 Å². The van der Waals surface area contributed by atoms with Crippen molar-refractivity contribution in [2.45, 2.75) is 52.1 Å². The molecule has 0 aromatic heterocycles. The lowest BCUT2D eigenvalue weighted by Gasteiger charge is -2.21. The summed E-state index contributed by atoms with van der Waals surface area (Å²) in [6.07, 6.45) is 4.92. The summed E-state index contributed by atoms with van der Waals surface area (Å²) >= 11 is 0. The molecule has 0 aliphatic carbocycles. The van der Waals surface area contributed by atoms with Gasteiger partial charge in [-0.15, -0.1) is 0 Å². The molecule has 1 aromatic carbocycles. The molecular weight excluding hydrogens is 260 g/mol. The van der Waals surface area contributed by atoms with Gasteiger partial charge in [-0.2, -0.15) is 0 Å². The maximum atomic E-state index is 5.41. The molecule has 0 heterocycles. The van der Waals surface area contributed by atoms with Crippen LogP contribution in [-0.4, -0.2) is 38.2 Å². The Morgan fingerprint density at radius 2 is 2.00 bits per heavy atom. The van der Waals surface area contributed by atoms with Gasteiger partial charge in [-0.1, -0.05) is 32.0 Å². The highest BCUT2D eigenvalue weighted by Crippen LogP contribution is 2.18. The van der Waals surface area contributed by atoms with Gasteiger partial charge in [-0.05, 0) is 51.9 Å². The van der Waals surface area contributed by atoms with Gasteiger partial charge in [0.05, 0.1) is 7.11 Å². The van der Waals surface area contributed by atoms with Gasteiger partial charge in [-0.25, -0.2) is 0 Å². The highest BCUT2D eigenvalue weighted by Gasteiger charge is 2.08. The molecule has 21 heavy (non-hydrogen) atoms. The normalized spacial score (nSPS) is 12.6. The third-order valence-corrected chi connectivity index (χ3v) is 3.90. The topological polar surface area (TPSA) is 24.5 Å². The largest absolute Gasteiger partial charge is 0.496 e. The number of hydrogen-bond donors (Lipinski definition) is 1. The monoisotopic (exact) mass is 292 g/mol. The molecule has 0 saturated carbocycles. The summed E-state index contributed by atoms with van der Waals surface area (Å²) in [4.78, 5) is 2.38. The van der Waals surface area contributed by atoms with Crippen LogP contribution in [0.4, 0.5) is 0 Å². The molecule has 3 heteroatoms. The standard InChI is InChI=1S/C18H32N2O/c1-5-13-19-17(6-2)11-9-14-20(3)15-16-10-7-8-12-18(16)21-4/h7-8,10,12,17,19H,5-6,9,11,13-15H2,1-4H3. The summed E-state index contributed by atoms with van der Waals surface area (Å²) in [5.41, 5.74) is 1.26. The number of methoxy groups -OCH3 is 1. The van der Waals surface area contributed by atoms with Crippen LogP contribution in [0.5, 0.6) is 5.75 Å². The van der Waals surface area contributed by atoms with Gasteiger partial charge >= 0.3 is 0 Å². The van der Waals surface area contributed by atoms with E-state index in [1.165, 1.54) is 31.2 Å². The van der Waals surface area contributed by atoms with Crippen molar-refractivity contribution in [3.63, 3.8) is 0 Å². The maximum absolute atomic E-state index is 5.41. The van der Waals surface area contributed by atoms with Gasteiger partial charge in [0, 0.05) is 18.2 Å². The predicted octanol–water partition coefficient (Wildman–Crippen LogP) is 3.69. The van der Waals surface area contributed by atoms with Gasteiger partial charge in [0.25, 0.3) is 0 Å². The first kappa shape index (κ1) is 18.0. The Morgan fingerprint density at radius 1 is 1.24 bits per heavy atom. The highest BCUT2D eigenvalue weighted by molar-refractivity contribution is 5.32. The van der Waals surface area contributed by atoms with Crippen LogP contribution in [0.15, 0.2) is 24.3 Å². The van der Waals surface area contributed by atoms with Gasteiger partial charge in [0.15, 0.2) is 0 Å². The molecule has 0 amide bonds. The first-order valence-corrected chi connectivity index (χ1v) is 8.25. The van der Waals surface area contributed by atoms with E-state index in [0.29, 0.717) is 6.04 Å². The first-order chi connectivity index (χ1) is 10.2. The summed E-state index contributed by atoms with van der Waals surface area (Å²) < 4.78 is 5.41. The van der Waals surface area contributed by atoms with Crippen molar-refractivity contribution in [2.24, 2.45) is 0 Å². The van der Waals surface area contributed by atoms with Gasteiger partial charge < -0.3 is 15.0 Å². The number of nitrogens with zero attached hydrogens (tertiary/aromatic N) is 1. The van der Waals surface area contributed by atoms with Gasteiger partial charge in [-0.3, -0.25) is 0 Å². The van der Waals surface area contributed by atoms with E-state index < -0.39 is 0 Å². The van der Waals surface area contributed by atoms with Crippen LogP contribution < -0.4 is 10.1 Å². The second-order valence-electron chi connectivity index (χ2n) is 5.75. The molecule has 0 bridgehead atoms. The summed E-state index contributed by atoms with van der Waals surface area (Å²) in [7, 11) is 3.93. The molecule has 0 radical (unpaired) electrons. The molecule has 1 rings (SSSR count). The van der Waals surface area contributed by atoms with E-state index in [2.05, 4.69) is 43.2 Å². The average molecular weight is 292 g/mol. The number of para-hydroxylation sites is 1. The second-order valence-corrected chi connectivity index (χ2v) is 5.75. The molecule has 0 saturated heterocycles. The SMILES string of the molecule is CCCNC(CC)CCCN(C)Cc1ccccc1OC. The Labute approximate surface area is 130 Å². The molecule has 1 unspecified atom stereocenters. The fourth-order valence-electron chi connectivity index (χ4n) is 2.61. The molecule has 0 aliphatic rings. The van der Waals surface area contributed by atoms with Crippen LogP contribution in [0.2, 0.25) is 0 Å². The third kappa shape index (κ3) is 6.96. The minimum Gasteiger partial charge on any atom is -0.496 e. The number of nitrogens with one attached hydrogen (secondary N) is 1. The molecule has 0 fully saturated rings. The lowest BCUT2D eigenvalue weighted by molar-refractivity contribution is 0.300. The Morgan fingerprint density at radius 3 is 2.67 bits per heavy atom. The van der Waals surface area contributed by atoms with Crippen LogP contribution in [0.1, 0.15) is 45.1 Å². The lowest BCUT2D eigenvalue weighted by atomic mass is 10.1. The summed E-state index contributed by atoms with van der Waals surface area (Å²) in [5, 5.41) is 3.62. The second kappa shape index (κ2) is 10.6. The van der Waals surface area contributed by atoms with Crippen LogP contribution >= 0.6 is 0 Å². The summed E-state index contributed by atoms with van der Waals surface area (Å²) in [5.74, 6) is 0.986. The van der Waals surface area contributed by atoms with Crippen molar-refractivity contribution < 1.29 is 4.74 Å². The van der Waals surface area contributed by atoms with Crippen LogP contribution in [0.3, 0.4) is 0 Å². The Hall–Kier alpha value is -1.06. The molecule has 1 atom stereocenters. The Balaban J connectivity index is 2.31. The molecule has 120 valence electrons. The van der Waals surface area contributed by atoms with E-state index in [-0.39, 0.29) is 0 Å². The van der Waals surface area contributed by atoms with E-state index >= 15 is 0 Å². The van der Waals surface area contributed by atoms with Gasteiger partial charge in [0.2, 0.25) is 0 Å². The van der Waals surface area contributed by atoms with Crippen molar-refractivity contribution in [1.29, 1.82) is 0 Å². The van der Waals surface area contributed by atoms with Crippen molar-refractivity contribution in [3.05, 3.63) is 29.8 Å². The molecule has 3 nitrogen and oxygen atoms in total. The molecule has 1 aromatic rings. The number of ether oxygens (including phenoxy) is 1. The quantitative estimate of drug-likeness (QED) is 0.673. The van der Waals surface area contributed by atoms with E-state index in [9.17, 15) is 0 Å². The Bertz CT molecular complexity index is 381. The van der Waals surface area contributed by atoms with Crippen LogP contribution in [0.25, 0.3) is 0 Å². The molecule has 0 spiro atoms. The third-order valence-electron chi connectivity index (χ3n) is 3.90. The predicted molar refractivity (Wildman–Crippen MR) is 90.9 cm³/mol.